The Labute approximate surface area is 82.1 Å². The molecule has 0 aliphatic heterocycles. The molecule has 0 amide bonds. The second-order valence-corrected chi connectivity index (χ2v) is 5.25. The second kappa shape index (κ2) is 3.92. The number of hydrogen-bond acceptors (Lipinski definition) is 3. The fourth-order valence-electron chi connectivity index (χ4n) is 0.792. The van der Waals surface area contributed by atoms with Crippen molar-refractivity contribution < 1.29 is 8.42 Å². The van der Waals surface area contributed by atoms with E-state index >= 15 is 0 Å². The Morgan fingerprint density at radius 1 is 1.69 bits per heavy atom. The first-order valence-corrected chi connectivity index (χ1v) is 5.89. The van der Waals surface area contributed by atoms with Crippen LogP contribution in [0.2, 0.25) is 0 Å². The maximum absolute atomic E-state index is 11.6. The summed E-state index contributed by atoms with van der Waals surface area (Å²) in [5.41, 5.74) is 0. The van der Waals surface area contributed by atoms with E-state index in [9.17, 15) is 8.42 Å². The lowest BCUT2D eigenvalue weighted by molar-refractivity contribution is 0.503. The number of thiophene rings is 1. The smallest absolute Gasteiger partial charge is 0.207 e. The van der Waals surface area contributed by atoms with Crippen molar-refractivity contribution in [2.45, 2.75) is 4.90 Å². The summed E-state index contributed by atoms with van der Waals surface area (Å²) in [6.45, 7) is 0.0954. The number of rotatable bonds is 3. The van der Waals surface area contributed by atoms with E-state index in [1.54, 1.807) is 16.8 Å². The number of sulfonamides is 1. The number of nitrogens with zero attached hydrogens (tertiary/aromatic N) is 1. The molecule has 0 saturated heterocycles. The molecule has 0 spiro atoms. The first-order valence-electron chi connectivity index (χ1n) is 3.51. The summed E-state index contributed by atoms with van der Waals surface area (Å²) in [6.07, 6.45) is 5.03. The van der Waals surface area contributed by atoms with Gasteiger partial charge in [0.2, 0.25) is 10.0 Å². The quantitative estimate of drug-likeness (QED) is 0.705. The molecular formula is C8H9NO2S2. The fourth-order valence-corrected chi connectivity index (χ4v) is 2.89. The van der Waals surface area contributed by atoms with Gasteiger partial charge >= 0.3 is 0 Å². The summed E-state index contributed by atoms with van der Waals surface area (Å²) >= 11 is 1.34. The molecule has 13 heavy (non-hydrogen) atoms. The first-order chi connectivity index (χ1) is 6.09. The van der Waals surface area contributed by atoms with Crippen molar-refractivity contribution >= 4 is 21.4 Å². The predicted octanol–water partition coefficient (Wildman–Crippen LogP) is 1.00. The van der Waals surface area contributed by atoms with E-state index in [0.29, 0.717) is 4.90 Å². The van der Waals surface area contributed by atoms with Crippen LogP contribution in [-0.4, -0.2) is 26.3 Å². The van der Waals surface area contributed by atoms with Crippen molar-refractivity contribution in [2.24, 2.45) is 0 Å². The minimum atomic E-state index is -3.36. The lowest BCUT2D eigenvalue weighted by Gasteiger charge is -2.12. The first kappa shape index (κ1) is 10.3. The topological polar surface area (TPSA) is 37.4 Å². The SMILES string of the molecule is C#CCN(C)S(=O)(=O)c1ccsc1. The molecule has 0 saturated carbocycles. The van der Waals surface area contributed by atoms with Gasteiger partial charge in [-0.3, -0.25) is 0 Å². The van der Waals surface area contributed by atoms with Gasteiger partial charge < -0.3 is 0 Å². The monoisotopic (exact) mass is 215 g/mol. The molecule has 70 valence electrons. The Hall–Kier alpha value is -0.830. The minimum Gasteiger partial charge on any atom is -0.207 e. The van der Waals surface area contributed by atoms with Crippen molar-refractivity contribution in [3.63, 3.8) is 0 Å². The van der Waals surface area contributed by atoms with E-state index in [1.165, 1.54) is 18.4 Å². The van der Waals surface area contributed by atoms with Crippen molar-refractivity contribution in [3.8, 4) is 12.3 Å². The van der Waals surface area contributed by atoms with Crippen LogP contribution in [-0.2, 0) is 10.0 Å². The van der Waals surface area contributed by atoms with Gasteiger partial charge in [-0.15, -0.1) is 6.42 Å². The average Bonchev–Trinajstić information content (AvgIpc) is 2.56. The van der Waals surface area contributed by atoms with Crippen LogP contribution >= 0.6 is 11.3 Å². The van der Waals surface area contributed by atoms with E-state index in [1.807, 2.05) is 0 Å². The zero-order valence-electron chi connectivity index (χ0n) is 7.10. The van der Waals surface area contributed by atoms with Gasteiger partial charge in [0.25, 0.3) is 0 Å². The van der Waals surface area contributed by atoms with E-state index in [2.05, 4.69) is 5.92 Å². The van der Waals surface area contributed by atoms with Crippen LogP contribution in [0.3, 0.4) is 0 Å². The fraction of sp³-hybridized carbons (Fsp3) is 0.250. The van der Waals surface area contributed by atoms with Gasteiger partial charge in [0.05, 0.1) is 11.4 Å². The van der Waals surface area contributed by atoms with Crippen molar-refractivity contribution in [1.29, 1.82) is 0 Å². The summed E-state index contributed by atoms with van der Waals surface area (Å²) in [6, 6.07) is 1.56. The molecular weight excluding hydrogens is 206 g/mol. The van der Waals surface area contributed by atoms with Gasteiger partial charge in [-0.05, 0) is 11.4 Å². The molecule has 0 N–H and O–H groups in total. The Kier molecular flexibility index (Phi) is 3.09. The second-order valence-electron chi connectivity index (χ2n) is 2.42. The lowest BCUT2D eigenvalue weighted by atomic mass is 10.7. The van der Waals surface area contributed by atoms with Crippen LogP contribution in [0.1, 0.15) is 0 Å². The molecule has 0 radical (unpaired) electrons. The normalized spacial score (nSPS) is 11.5. The van der Waals surface area contributed by atoms with E-state index < -0.39 is 10.0 Å². The highest BCUT2D eigenvalue weighted by molar-refractivity contribution is 7.89. The van der Waals surface area contributed by atoms with Crippen LogP contribution in [0.5, 0.6) is 0 Å². The zero-order valence-corrected chi connectivity index (χ0v) is 8.73. The van der Waals surface area contributed by atoms with Crippen LogP contribution in [0.15, 0.2) is 21.7 Å². The van der Waals surface area contributed by atoms with Crippen LogP contribution in [0, 0.1) is 12.3 Å². The van der Waals surface area contributed by atoms with Gasteiger partial charge in [-0.25, -0.2) is 8.42 Å². The third-order valence-electron chi connectivity index (χ3n) is 1.52. The molecule has 1 aromatic heterocycles. The molecule has 0 aliphatic rings. The van der Waals surface area contributed by atoms with E-state index in [-0.39, 0.29) is 6.54 Å². The highest BCUT2D eigenvalue weighted by atomic mass is 32.2. The van der Waals surface area contributed by atoms with Crippen molar-refractivity contribution in [1.82, 2.24) is 4.31 Å². The average molecular weight is 215 g/mol. The van der Waals surface area contributed by atoms with Crippen molar-refractivity contribution in [3.05, 3.63) is 16.8 Å². The maximum Gasteiger partial charge on any atom is 0.244 e. The maximum atomic E-state index is 11.6. The number of terminal acetylenes is 1. The summed E-state index contributed by atoms with van der Waals surface area (Å²) in [7, 11) is -1.89. The minimum absolute atomic E-state index is 0.0954. The van der Waals surface area contributed by atoms with Gasteiger partial charge in [-0.2, -0.15) is 15.6 Å². The lowest BCUT2D eigenvalue weighted by Crippen LogP contribution is -2.26. The Morgan fingerprint density at radius 3 is 2.85 bits per heavy atom. The molecule has 1 aromatic rings. The largest absolute Gasteiger partial charge is 0.244 e. The molecule has 0 aromatic carbocycles. The van der Waals surface area contributed by atoms with Crippen molar-refractivity contribution in [2.75, 3.05) is 13.6 Å². The Balaban J connectivity index is 2.98. The molecule has 0 unspecified atom stereocenters. The summed E-state index contributed by atoms with van der Waals surface area (Å²) in [5.74, 6) is 2.29. The van der Waals surface area contributed by atoms with Crippen LogP contribution < -0.4 is 0 Å². The van der Waals surface area contributed by atoms with Crippen LogP contribution in [0.25, 0.3) is 0 Å². The van der Waals surface area contributed by atoms with Gasteiger partial charge in [0, 0.05) is 12.4 Å². The molecule has 3 nitrogen and oxygen atoms in total. The summed E-state index contributed by atoms with van der Waals surface area (Å²) in [5, 5.41) is 3.30. The molecule has 0 bridgehead atoms. The van der Waals surface area contributed by atoms with Gasteiger partial charge in [-0.1, -0.05) is 5.92 Å². The summed E-state index contributed by atoms with van der Waals surface area (Å²) in [4.78, 5) is 0.301. The Bertz CT molecular complexity index is 400. The molecule has 1 heterocycles. The standard InChI is InChI=1S/C8H9NO2S2/c1-3-5-9(2)13(10,11)8-4-6-12-7-8/h1,4,6-7H,5H2,2H3. The molecule has 0 atom stereocenters. The predicted molar refractivity (Wildman–Crippen MR) is 53.0 cm³/mol. The van der Waals surface area contributed by atoms with Crippen LogP contribution in [0.4, 0.5) is 0 Å². The van der Waals surface area contributed by atoms with E-state index in [4.69, 9.17) is 6.42 Å². The molecule has 5 heteroatoms. The van der Waals surface area contributed by atoms with E-state index in [0.717, 1.165) is 4.31 Å². The highest BCUT2D eigenvalue weighted by Gasteiger charge is 2.19. The number of hydrogen-bond donors (Lipinski definition) is 0. The zero-order chi connectivity index (χ0) is 9.90. The molecule has 0 aliphatic carbocycles. The highest BCUT2D eigenvalue weighted by Crippen LogP contribution is 2.16. The van der Waals surface area contributed by atoms with Gasteiger partial charge in [0.15, 0.2) is 0 Å². The third kappa shape index (κ3) is 2.10. The molecule has 0 fully saturated rings. The third-order valence-corrected chi connectivity index (χ3v) is 4.15. The summed E-state index contributed by atoms with van der Waals surface area (Å²) < 4.78 is 24.4. The van der Waals surface area contributed by atoms with Gasteiger partial charge in [0.1, 0.15) is 0 Å². The molecule has 1 rings (SSSR count). The Morgan fingerprint density at radius 2 is 2.38 bits per heavy atom.